The van der Waals surface area contributed by atoms with Crippen LogP contribution in [0.25, 0.3) is 5.82 Å². The van der Waals surface area contributed by atoms with Crippen molar-refractivity contribution in [2.24, 2.45) is 23.2 Å². The van der Waals surface area contributed by atoms with E-state index in [4.69, 9.17) is 5.73 Å². The molecule has 4 saturated carbocycles. The molecule has 142 valence electrons. The third kappa shape index (κ3) is 2.99. The summed E-state index contributed by atoms with van der Waals surface area (Å²) in [5, 5.41) is 7.64. The number of nitrogens with two attached hydrogens (primary N) is 1. The van der Waals surface area contributed by atoms with Crippen LogP contribution in [0.5, 0.6) is 0 Å². The Morgan fingerprint density at radius 2 is 1.89 bits per heavy atom. The van der Waals surface area contributed by atoms with E-state index in [-0.39, 0.29) is 5.91 Å². The van der Waals surface area contributed by atoms with E-state index in [1.54, 1.807) is 17.1 Å². The Balaban J connectivity index is 1.31. The van der Waals surface area contributed by atoms with E-state index in [1.807, 2.05) is 6.92 Å². The molecule has 7 nitrogen and oxygen atoms in total. The SMILES string of the molecule is Cc1nn(-c2cncc(N)n2)cc1C(=O)NCC12CC3CC(CC(C3)C1)C2. The number of rotatable bonds is 4. The Morgan fingerprint density at radius 3 is 2.52 bits per heavy atom. The van der Waals surface area contributed by atoms with Crippen LogP contribution >= 0.6 is 0 Å². The molecule has 2 heterocycles. The lowest BCUT2D eigenvalue weighted by Gasteiger charge is -2.56. The minimum Gasteiger partial charge on any atom is -0.382 e. The van der Waals surface area contributed by atoms with Gasteiger partial charge in [0.2, 0.25) is 0 Å². The van der Waals surface area contributed by atoms with E-state index in [2.05, 4.69) is 20.4 Å². The van der Waals surface area contributed by atoms with Gasteiger partial charge in [-0.15, -0.1) is 0 Å². The van der Waals surface area contributed by atoms with Crippen molar-refractivity contribution in [1.29, 1.82) is 0 Å². The highest BCUT2D eigenvalue weighted by molar-refractivity contribution is 5.95. The smallest absolute Gasteiger partial charge is 0.254 e. The average molecular weight is 366 g/mol. The zero-order chi connectivity index (χ0) is 18.6. The molecular weight excluding hydrogens is 340 g/mol. The number of hydrogen-bond donors (Lipinski definition) is 2. The van der Waals surface area contributed by atoms with Gasteiger partial charge in [-0.2, -0.15) is 5.10 Å². The molecule has 0 unspecified atom stereocenters. The van der Waals surface area contributed by atoms with Crippen LogP contribution in [-0.4, -0.2) is 32.2 Å². The van der Waals surface area contributed by atoms with Gasteiger partial charge in [0.15, 0.2) is 5.82 Å². The van der Waals surface area contributed by atoms with Crippen molar-refractivity contribution in [3.8, 4) is 5.82 Å². The minimum absolute atomic E-state index is 0.0497. The molecule has 7 heteroatoms. The predicted octanol–water partition coefficient (Wildman–Crippen LogP) is 2.50. The zero-order valence-electron chi connectivity index (χ0n) is 15.7. The Hall–Kier alpha value is -2.44. The molecule has 2 aromatic rings. The first-order valence-corrected chi connectivity index (χ1v) is 9.92. The summed E-state index contributed by atoms with van der Waals surface area (Å²) < 4.78 is 1.57. The number of aromatic nitrogens is 4. The van der Waals surface area contributed by atoms with E-state index in [9.17, 15) is 4.79 Å². The molecule has 6 rings (SSSR count). The Morgan fingerprint density at radius 1 is 1.22 bits per heavy atom. The number of amides is 1. The van der Waals surface area contributed by atoms with Crippen LogP contribution in [0.1, 0.15) is 54.6 Å². The lowest BCUT2D eigenvalue weighted by molar-refractivity contribution is -0.0503. The van der Waals surface area contributed by atoms with Crippen LogP contribution in [0.3, 0.4) is 0 Å². The standard InChI is InChI=1S/C20H26N6O/c1-12-16(10-26(25-12)18-9-22-8-17(21)24-18)19(27)23-11-20-5-13-2-14(6-20)4-15(3-13)7-20/h8-10,13-15H,2-7,11H2,1H3,(H2,21,24)(H,23,27). The van der Waals surface area contributed by atoms with Gasteiger partial charge in [-0.3, -0.25) is 9.78 Å². The fourth-order valence-electron chi connectivity index (χ4n) is 6.15. The van der Waals surface area contributed by atoms with Crippen LogP contribution in [0, 0.1) is 30.1 Å². The maximum atomic E-state index is 12.8. The van der Waals surface area contributed by atoms with Crippen molar-refractivity contribution in [3.63, 3.8) is 0 Å². The predicted molar refractivity (Wildman–Crippen MR) is 101 cm³/mol. The minimum atomic E-state index is -0.0497. The first-order valence-electron chi connectivity index (χ1n) is 9.92. The van der Waals surface area contributed by atoms with Crippen LogP contribution in [0.15, 0.2) is 18.6 Å². The first kappa shape index (κ1) is 16.7. The van der Waals surface area contributed by atoms with Crippen molar-refractivity contribution in [2.75, 3.05) is 12.3 Å². The molecule has 2 aromatic heterocycles. The van der Waals surface area contributed by atoms with Crippen molar-refractivity contribution in [3.05, 3.63) is 29.8 Å². The molecule has 4 bridgehead atoms. The summed E-state index contributed by atoms with van der Waals surface area (Å²) >= 11 is 0. The number of anilines is 1. The van der Waals surface area contributed by atoms with Crippen molar-refractivity contribution >= 4 is 11.7 Å². The van der Waals surface area contributed by atoms with Gasteiger partial charge in [0.05, 0.1) is 23.7 Å². The van der Waals surface area contributed by atoms with Gasteiger partial charge in [0.1, 0.15) is 5.82 Å². The Kier molecular flexibility index (Phi) is 3.74. The highest BCUT2D eigenvalue weighted by atomic mass is 16.1. The van der Waals surface area contributed by atoms with Gasteiger partial charge in [-0.1, -0.05) is 0 Å². The molecule has 0 atom stereocenters. The van der Waals surface area contributed by atoms with Crippen LogP contribution in [0.4, 0.5) is 5.82 Å². The fraction of sp³-hybridized carbons (Fsp3) is 0.600. The lowest BCUT2D eigenvalue weighted by atomic mass is 9.49. The van der Waals surface area contributed by atoms with Crippen molar-refractivity contribution < 1.29 is 4.79 Å². The summed E-state index contributed by atoms with van der Waals surface area (Å²) in [6.45, 7) is 2.63. The van der Waals surface area contributed by atoms with Gasteiger partial charge < -0.3 is 11.1 Å². The van der Waals surface area contributed by atoms with Gasteiger partial charge in [0, 0.05) is 12.7 Å². The summed E-state index contributed by atoms with van der Waals surface area (Å²) in [6, 6.07) is 0. The van der Waals surface area contributed by atoms with E-state index in [1.165, 1.54) is 44.7 Å². The Labute approximate surface area is 158 Å². The summed E-state index contributed by atoms with van der Waals surface area (Å²) in [5.74, 6) is 3.46. The van der Waals surface area contributed by atoms with Gasteiger partial charge in [-0.05, 0) is 68.6 Å². The average Bonchev–Trinajstić information content (AvgIpc) is 3.01. The number of aryl methyl sites for hydroxylation is 1. The monoisotopic (exact) mass is 366 g/mol. The molecule has 4 aliphatic rings. The maximum Gasteiger partial charge on any atom is 0.254 e. The number of carbonyl (C=O) groups is 1. The molecule has 0 aliphatic heterocycles. The molecule has 3 N–H and O–H groups in total. The van der Waals surface area contributed by atoms with Crippen LogP contribution in [0.2, 0.25) is 0 Å². The topological polar surface area (TPSA) is 98.7 Å². The largest absolute Gasteiger partial charge is 0.382 e. The quantitative estimate of drug-likeness (QED) is 0.866. The van der Waals surface area contributed by atoms with Crippen LogP contribution in [-0.2, 0) is 0 Å². The normalized spacial score (nSPS) is 31.2. The van der Waals surface area contributed by atoms with E-state index in [0.717, 1.165) is 24.3 Å². The number of nitrogens with zero attached hydrogens (tertiary/aromatic N) is 4. The molecule has 4 aliphatic carbocycles. The van der Waals surface area contributed by atoms with Gasteiger partial charge in [0.25, 0.3) is 5.91 Å². The summed E-state index contributed by atoms with van der Waals surface area (Å²) in [4.78, 5) is 21.1. The molecule has 0 spiro atoms. The molecule has 4 fully saturated rings. The number of hydrogen-bond acceptors (Lipinski definition) is 5. The molecule has 1 amide bonds. The van der Waals surface area contributed by atoms with E-state index >= 15 is 0 Å². The second-order valence-electron chi connectivity index (χ2n) is 8.98. The third-order valence-electron chi connectivity index (χ3n) is 6.81. The Bertz CT molecular complexity index is 853. The van der Waals surface area contributed by atoms with Gasteiger partial charge >= 0.3 is 0 Å². The molecule has 0 saturated heterocycles. The first-order chi connectivity index (χ1) is 13.0. The van der Waals surface area contributed by atoms with Crippen molar-refractivity contribution in [1.82, 2.24) is 25.1 Å². The van der Waals surface area contributed by atoms with Gasteiger partial charge in [-0.25, -0.2) is 9.67 Å². The zero-order valence-corrected chi connectivity index (χ0v) is 15.7. The second-order valence-corrected chi connectivity index (χ2v) is 8.98. The highest BCUT2D eigenvalue weighted by Crippen LogP contribution is 2.59. The van der Waals surface area contributed by atoms with Crippen LogP contribution < -0.4 is 11.1 Å². The van der Waals surface area contributed by atoms with E-state index in [0.29, 0.717) is 28.3 Å². The molecule has 0 radical (unpaired) electrons. The lowest BCUT2D eigenvalue weighted by Crippen LogP contribution is -2.51. The fourth-order valence-corrected chi connectivity index (χ4v) is 6.15. The van der Waals surface area contributed by atoms with Crippen molar-refractivity contribution in [2.45, 2.75) is 45.4 Å². The summed E-state index contributed by atoms with van der Waals surface area (Å²) in [6.07, 6.45) is 12.9. The number of carbonyl (C=O) groups excluding carboxylic acids is 1. The number of nitrogen functional groups attached to an aromatic ring is 1. The van der Waals surface area contributed by atoms with E-state index < -0.39 is 0 Å². The maximum absolute atomic E-state index is 12.8. The summed E-state index contributed by atoms with van der Waals surface area (Å²) in [5.41, 5.74) is 7.29. The number of nitrogens with one attached hydrogen (secondary N) is 1. The summed E-state index contributed by atoms with van der Waals surface area (Å²) in [7, 11) is 0. The molecular formula is C20H26N6O. The third-order valence-corrected chi connectivity index (χ3v) is 6.81. The molecule has 0 aromatic carbocycles. The second kappa shape index (κ2) is 6.04. The molecule has 27 heavy (non-hydrogen) atoms. The highest BCUT2D eigenvalue weighted by Gasteiger charge is 2.50.